The van der Waals surface area contributed by atoms with E-state index in [2.05, 4.69) is 9.71 Å². The van der Waals surface area contributed by atoms with Gasteiger partial charge in [-0.2, -0.15) is 0 Å². The summed E-state index contributed by atoms with van der Waals surface area (Å²) in [5.74, 6) is 0.762. The highest BCUT2D eigenvalue weighted by Gasteiger charge is 2.18. The molecule has 1 aromatic carbocycles. The van der Waals surface area contributed by atoms with E-state index < -0.39 is 10.0 Å². The molecule has 108 valence electrons. The highest BCUT2D eigenvalue weighted by atomic mass is 32.2. The molecule has 2 aromatic rings. The van der Waals surface area contributed by atoms with E-state index in [-0.39, 0.29) is 17.3 Å². The zero-order chi connectivity index (χ0) is 14.8. The van der Waals surface area contributed by atoms with Gasteiger partial charge in [0, 0.05) is 19.3 Å². The Morgan fingerprint density at radius 2 is 2.15 bits per heavy atom. The lowest BCUT2D eigenvalue weighted by atomic mass is 10.2. The number of rotatable bonds is 5. The lowest BCUT2D eigenvalue weighted by Gasteiger charge is -2.04. The van der Waals surface area contributed by atoms with Gasteiger partial charge in [0.2, 0.25) is 0 Å². The second-order valence-electron chi connectivity index (χ2n) is 4.41. The topological polar surface area (TPSA) is 84.2 Å². The average Bonchev–Trinajstić information content (AvgIpc) is 2.79. The van der Waals surface area contributed by atoms with Gasteiger partial charge in [-0.15, -0.1) is 0 Å². The minimum absolute atomic E-state index is 0.0111. The highest BCUT2D eigenvalue weighted by Crippen LogP contribution is 2.13. The van der Waals surface area contributed by atoms with Gasteiger partial charge in [0.05, 0.1) is 0 Å². The Labute approximate surface area is 118 Å². The van der Waals surface area contributed by atoms with Crippen LogP contribution in [0.5, 0.6) is 5.75 Å². The molecule has 0 aliphatic rings. The Morgan fingerprint density at radius 3 is 2.75 bits per heavy atom. The lowest BCUT2D eigenvalue weighted by molar-refractivity contribution is 0.474. The summed E-state index contributed by atoms with van der Waals surface area (Å²) in [6.45, 7) is 4.46. The third kappa shape index (κ3) is 3.17. The fourth-order valence-corrected chi connectivity index (χ4v) is 2.87. The lowest BCUT2D eigenvalue weighted by Crippen LogP contribution is -2.23. The van der Waals surface area contributed by atoms with Gasteiger partial charge in [0.1, 0.15) is 11.6 Å². The molecule has 1 heterocycles. The molecule has 7 heteroatoms. The molecule has 0 saturated heterocycles. The van der Waals surface area contributed by atoms with Crippen LogP contribution in [0.15, 0.2) is 35.5 Å². The number of nitrogens with one attached hydrogen (secondary N) is 1. The molecule has 0 aliphatic carbocycles. The molecule has 0 unspecified atom stereocenters. The zero-order valence-corrected chi connectivity index (χ0v) is 12.2. The van der Waals surface area contributed by atoms with Gasteiger partial charge in [-0.1, -0.05) is 12.1 Å². The Bertz CT molecular complexity index is 707. The van der Waals surface area contributed by atoms with Crippen molar-refractivity contribution >= 4 is 10.0 Å². The number of aromatic nitrogens is 2. The molecule has 2 N–H and O–H groups in total. The van der Waals surface area contributed by atoms with Gasteiger partial charge in [0.25, 0.3) is 10.0 Å². The largest absolute Gasteiger partial charge is 0.508 e. The van der Waals surface area contributed by atoms with E-state index in [9.17, 15) is 13.5 Å². The number of hydrogen-bond acceptors (Lipinski definition) is 4. The maximum absolute atomic E-state index is 12.1. The van der Waals surface area contributed by atoms with Crippen LogP contribution in [-0.4, -0.2) is 23.1 Å². The van der Waals surface area contributed by atoms with E-state index in [0.717, 1.165) is 0 Å². The summed E-state index contributed by atoms with van der Waals surface area (Å²) in [6.07, 6.45) is 1.51. The van der Waals surface area contributed by atoms with Crippen LogP contribution in [0.1, 0.15) is 18.3 Å². The van der Waals surface area contributed by atoms with Crippen molar-refractivity contribution in [3.8, 4) is 5.75 Å². The minimum Gasteiger partial charge on any atom is -0.508 e. The molecule has 0 fully saturated rings. The molecule has 0 radical (unpaired) electrons. The van der Waals surface area contributed by atoms with E-state index >= 15 is 0 Å². The monoisotopic (exact) mass is 295 g/mol. The number of phenolic OH excluding ortho intramolecular Hbond substituents is 1. The number of imidazole rings is 1. The van der Waals surface area contributed by atoms with Gasteiger partial charge >= 0.3 is 0 Å². The molecule has 20 heavy (non-hydrogen) atoms. The summed E-state index contributed by atoms with van der Waals surface area (Å²) in [5.41, 5.74) is 0.681. The van der Waals surface area contributed by atoms with Crippen molar-refractivity contribution in [3.63, 3.8) is 0 Å². The molecule has 1 aromatic heterocycles. The van der Waals surface area contributed by atoms with Crippen LogP contribution in [0.3, 0.4) is 0 Å². The van der Waals surface area contributed by atoms with Gasteiger partial charge in [0.15, 0.2) is 5.03 Å². The molecule has 0 saturated carbocycles. The molecule has 0 spiro atoms. The highest BCUT2D eigenvalue weighted by molar-refractivity contribution is 7.89. The molecule has 6 nitrogen and oxygen atoms in total. The maximum Gasteiger partial charge on any atom is 0.259 e. The van der Waals surface area contributed by atoms with E-state index in [4.69, 9.17) is 0 Å². The van der Waals surface area contributed by atoms with Crippen LogP contribution in [0.4, 0.5) is 0 Å². The molecular weight excluding hydrogens is 278 g/mol. The first-order valence-electron chi connectivity index (χ1n) is 6.23. The molecule has 2 rings (SSSR count). The van der Waals surface area contributed by atoms with Gasteiger partial charge < -0.3 is 9.67 Å². The van der Waals surface area contributed by atoms with Gasteiger partial charge in [-0.05, 0) is 31.5 Å². The van der Waals surface area contributed by atoms with Crippen molar-refractivity contribution in [1.29, 1.82) is 0 Å². The van der Waals surface area contributed by atoms with Gasteiger partial charge in [-0.3, -0.25) is 0 Å². The third-order valence-corrected chi connectivity index (χ3v) is 4.22. The summed E-state index contributed by atoms with van der Waals surface area (Å²) in [4.78, 5) is 4.05. The average molecular weight is 295 g/mol. The molecule has 0 amide bonds. The summed E-state index contributed by atoms with van der Waals surface area (Å²) < 4.78 is 28.5. The van der Waals surface area contributed by atoms with Crippen molar-refractivity contribution in [2.75, 3.05) is 0 Å². The summed E-state index contributed by atoms with van der Waals surface area (Å²) >= 11 is 0. The van der Waals surface area contributed by atoms with Crippen molar-refractivity contribution < 1.29 is 13.5 Å². The normalized spacial score (nSPS) is 11.7. The summed E-state index contributed by atoms with van der Waals surface area (Å²) in [7, 11) is -3.65. The quantitative estimate of drug-likeness (QED) is 0.873. The Kier molecular flexibility index (Phi) is 4.10. The maximum atomic E-state index is 12.1. The molecule has 0 bridgehead atoms. The fraction of sp³-hybridized carbons (Fsp3) is 0.308. The van der Waals surface area contributed by atoms with Crippen LogP contribution >= 0.6 is 0 Å². The molecule has 0 atom stereocenters. The van der Waals surface area contributed by atoms with E-state index in [0.29, 0.717) is 17.9 Å². The predicted octanol–water partition coefficient (Wildman–Crippen LogP) is 1.40. The third-order valence-electron chi connectivity index (χ3n) is 2.95. The Balaban J connectivity index is 2.15. The number of phenols is 1. The standard InChI is InChI=1S/C13H17N3O3S/c1-3-16-9-13(15-10(16)2)20(18,19)14-8-11-5-4-6-12(17)7-11/h4-7,9,14,17H,3,8H2,1-2H3. The SMILES string of the molecule is CCn1cc(S(=O)(=O)NCc2cccc(O)c2)nc1C. The zero-order valence-electron chi connectivity index (χ0n) is 11.4. The first-order chi connectivity index (χ1) is 9.42. The smallest absolute Gasteiger partial charge is 0.259 e. The van der Waals surface area contributed by atoms with E-state index in [1.165, 1.54) is 18.3 Å². The fourth-order valence-electron chi connectivity index (χ4n) is 1.85. The van der Waals surface area contributed by atoms with Crippen molar-refractivity contribution in [1.82, 2.24) is 14.3 Å². The number of aryl methyl sites for hydroxylation is 2. The van der Waals surface area contributed by atoms with Crippen LogP contribution in [0.2, 0.25) is 0 Å². The minimum atomic E-state index is -3.65. The number of hydrogen-bond donors (Lipinski definition) is 2. The predicted molar refractivity (Wildman–Crippen MR) is 74.8 cm³/mol. The van der Waals surface area contributed by atoms with E-state index in [1.54, 1.807) is 23.6 Å². The van der Waals surface area contributed by atoms with E-state index in [1.807, 2.05) is 6.92 Å². The summed E-state index contributed by atoms with van der Waals surface area (Å²) in [5, 5.41) is 9.35. The van der Waals surface area contributed by atoms with Crippen molar-refractivity contribution in [2.24, 2.45) is 0 Å². The number of aromatic hydroxyl groups is 1. The van der Waals surface area contributed by atoms with Crippen LogP contribution in [0.25, 0.3) is 0 Å². The van der Waals surface area contributed by atoms with Crippen LogP contribution < -0.4 is 4.72 Å². The van der Waals surface area contributed by atoms with Crippen LogP contribution in [0, 0.1) is 6.92 Å². The van der Waals surface area contributed by atoms with Crippen LogP contribution in [-0.2, 0) is 23.1 Å². The number of nitrogens with zero attached hydrogens (tertiary/aromatic N) is 2. The van der Waals surface area contributed by atoms with Gasteiger partial charge in [-0.25, -0.2) is 18.1 Å². The number of sulfonamides is 1. The second kappa shape index (κ2) is 5.64. The second-order valence-corrected chi connectivity index (χ2v) is 6.12. The Hall–Kier alpha value is -1.86. The van der Waals surface area contributed by atoms with Crippen molar-refractivity contribution in [3.05, 3.63) is 41.9 Å². The summed E-state index contributed by atoms with van der Waals surface area (Å²) in [6, 6.07) is 6.44. The molecule has 0 aliphatic heterocycles. The van der Waals surface area contributed by atoms with Crippen molar-refractivity contribution in [2.45, 2.75) is 32.0 Å². The molecular formula is C13H17N3O3S. The first kappa shape index (κ1) is 14.5. The Morgan fingerprint density at radius 1 is 1.40 bits per heavy atom. The number of benzene rings is 1. The first-order valence-corrected chi connectivity index (χ1v) is 7.72.